The highest BCUT2D eigenvalue weighted by atomic mass is 32.2. The van der Waals surface area contributed by atoms with E-state index in [2.05, 4.69) is 9.88 Å². The summed E-state index contributed by atoms with van der Waals surface area (Å²) < 4.78 is 37.6. The summed E-state index contributed by atoms with van der Waals surface area (Å²) >= 11 is 0. The lowest BCUT2D eigenvalue weighted by Gasteiger charge is -2.10. The first kappa shape index (κ1) is 17.5. The summed E-state index contributed by atoms with van der Waals surface area (Å²) in [6, 6.07) is 7.64. The van der Waals surface area contributed by atoms with Crippen molar-refractivity contribution >= 4 is 10.0 Å². The molecule has 1 heterocycles. The number of ether oxygens (including phenoxy) is 1. The number of aryl methyl sites for hydroxylation is 2. The van der Waals surface area contributed by atoms with E-state index in [9.17, 15) is 8.42 Å². The van der Waals surface area contributed by atoms with Gasteiger partial charge in [0.15, 0.2) is 5.76 Å². The minimum absolute atomic E-state index is 0.123. The Bertz CT molecular complexity index is 729. The maximum Gasteiger partial charge on any atom is 0.245 e. The Balaban J connectivity index is 1.94. The number of rotatable bonds is 7. The molecule has 0 spiro atoms. The average molecular weight is 338 g/mol. The molecule has 0 fully saturated rings. The second-order valence-electron chi connectivity index (χ2n) is 5.61. The van der Waals surface area contributed by atoms with Gasteiger partial charge < -0.3 is 9.26 Å². The van der Waals surface area contributed by atoms with E-state index in [-0.39, 0.29) is 11.0 Å². The van der Waals surface area contributed by atoms with Crippen LogP contribution in [0.5, 0.6) is 5.75 Å². The van der Waals surface area contributed by atoms with Gasteiger partial charge in [0.2, 0.25) is 10.0 Å². The maximum atomic E-state index is 12.3. The van der Waals surface area contributed by atoms with Crippen LogP contribution < -0.4 is 9.46 Å². The van der Waals surface area contributed by atoms with Crippen LogP contribution >= 0.6 is 0 Å². The predicted molar refractivity (Wildman–Crippen MR) is 87.1 cm³/mol. The highest BCUT2D eigenvalue weighted by molar-refractivity contribution is 7.89. The fourth-order valence-electron chi connectivity index (χ4n) is 2.27. The van der Waals surface area contributed by atoms with Gasteiger partial charge in [0.05, 0.1) is 6.10 Å². The third kappa shape index (κ3) is 4.56. The second kappa shape index (κ2) is 7.14. The lowest BCUT2D eigenvalue weighted by molar-refractivity contribution is 0.242. The molecule has 1 aromatic carbocycles. The molecular formula is C16H22N2O4S. The van der Waals surface area contributed by atoms with E-state index >= 15 is 0 Å². The first-order valence-electron chi connectivity index (χ1n) is 7.47. The molecule has 1 N–H and O–H groups in total. The van der Waals surface area contributed by atoms with Crippen molar-refractivity contribution in [1.29, 1.82) is 0 Å². The Labute approximate surface area is 136 Å². The normalized spacial score (nSPS) is 11.9. The quantitative estimate of drug-likeness (QED) is 0.839. The zero-order valence-corrected chi connectivity index (χ0v) is 14.6. The Morgan fingerprint density at radius 2 is 1.87 bits per heavy atom. The van der Waals surface area contributed by atoms with Crippen molar-refractivity contribution in [3.63, 3.8) is 0 Å². The van der Waals surface area contributed by atoms with E-state index in [4.69, 9.17) is 9.26 Å². The Kier molecular flexibility index (Phi) is 5.43. The lowest BCUT2D eigenvalue weighted by atomic mass is 10.1. The largest absolute Gasteiger partial charge is 0.491 e. The van der Waals surface area contributed by atoms with Gasteiger partial charge in [-0.25, -0.2) is 13.1 Å². The third-order valence-corrected chi connectivity index (χ3v) is 4.94. The van der Waals surface area contributed by atoms with Crippen LogP contribution in [0.1, 0.15) is 30.9 Å². The summed E-state index contributed by atoms with van der Waals surface area (Å²) in [5.41, 5.74) is 1.40. The summed E-state index contributed by atoms with van der Waals surface area (Å²) in [7, 11) is -3.60. The number of benzene rings is 1. The van der Waals surface area contributed by atoms with Crippen molar-refractivity contribution < 1.29 is 17.7 Å². The minimum atomic E-state index is -3.60. The molecule has 0 saturated heterocycles. The number of nitrogens with zero attached hydrogens (tertiary/aromatic N) is 1. The van der Waals surface area contributed by atoms with Crippen molar-refractivity contribution in [3.8, 4) is 5.75 Å². The van der Waals surface area contributed by atoms with Crippen LogP contribution in [-0.2, 0) is 16.4 Å². The van der Waals surface area contributed by atoms with Crippen molar-refractivity contribution in [2.75, 3.05) is 6.54 Å². The molecule has 0 aliphatic rings. The van der Waals surface area contributed by atoms with Gasteiger partial charge in [0.1, 0.15) is 16.3 Å². The molecule has 0 atom stereocenters. The molecule has 1 aromatic heterocycles. The molecule has 126 valence electrons. The van der Waals surface area contributed by atoms with E-state index < -0.39 is 10.0 Å². The first-order valence-corrected chi connectivity index (χ1v) is 8.96. The number of hydrogen-bond acceptors (Lipinski definition) is 5. The molecule has 0 bridgehead atoms. The summed E-state index contributed by atoms with van der Waals surface area (Å²) in [6.07, 6.45) is 0.715. The minimum Gasteiger partial charge on any atom is -0.491 e. The van der Waals surface area contributed by atoms with Crippen molar-refractivity contribution in [2.24, 2.45) is 0 Å². The Hall–Kier alpha value is -1.86. The summed E-state index contributed by atoms with van der Waals surface area (Å²) in [5, 5.41) is 3.67. The smallest absolute Gasteiger partial charge is 0.245 e. The summed E-state index contributed by atoms with van der Waals surface area (Å²) in [6.45, 7) is 7.44. The highest BCUT2D eigenvalue weighted by Gasteiger charge is 2.23. The van der Waals surface area contributed by atoms with Gasteiger partial charge >= 0.3 is 0 Å². The standard InChI is InChI=1S/C16H22N2O4S/c1-11(2)21-15-7-5-14(6-8-15)9-10-17-23(19,20)16-12(3)18-22-13(16)4/h5-8,11,17H,9-10H2,1-4H3. The highest BCUT2D eigenvalue weighted by Crippen LogP contribution is 2.18. The van der Waals surface area contributed by atoms with Gasteiger partial charge in [0, 0.05) is 6.54 Å². The predicted octanol–water partition coefficient (Wildman–Crippen LogP) is 2.60. The van der Waals surface area contributed by atoms with Crippen LogP contribution in [0.2, 0.25) is 0 Å². The molecule has 0 aliphatic heterocycles. The van der Waals surface area contributed by atoms with Crippen LogP contribution in [0, 0.1) is 13.8 Å². The van der Waals surface area contributed by atoms with Crippen LogP contribution in [0.25, 0.3) is 0 Å². The topological polar surface area (TPSA) is 81.4 Å². The first-order chi connectivity index (χ1) is 10.8. The van der Waals surface area contributed by atoms with Gasteiger partial charge in [0.25, 0.3) is 0 Å². The molecule has 23 heavy (non-hydrogen) atoms. The molecule has 0 unspecified atom stereocenters. The van der Waals surface area contributed by atoms with E-state index in [1.165, 1.54) is 0 Å². The molecule has 2 aromatic rings. The second-order valence-corrected chi connectivity index (χ2v) is 7.32. The van der Waals surface area contributed by atoms with Crippen LogP contribution in [0.3, 0.4) is 0 Å². The number of sulfonamides is 1. The molecule has 7 heteroatoms. The number of hydrogen-bond donors (Lipinski definition) is 1. The molecule has 6 nitrogen and oxygen atoms in total. The van der Waals surface area contributed by atoms with E-state index in [1.54, 1.807) is 13.8 Å². The molecule has 2 rings (SSSR count). The maximum absolute atomic E-state index is 12.3. The van der Waals surface area contributed by atoms with Gasteiger partial charge in [-0.1, -0.05) is 17.3 Å². The van der Waals surface area contributed by atoms with Crippen LogP contribution in [-0.4, -0.2) is 26.2 Å². The third-order valence-electron chi connectivity index (χ3n) is 3.24. The summed E-state index contributed by atoms with van der Waals surface area (Å²) in [5.74, 6) is 1.10. The van der Waals surface area contributed by atoms with Crippen LogP contribution in [0.4, 0.5) is 0 Å². The SMILES string of the molecule is Cc1noc(C)c1S(=O)(=O)NCCc1ccc(OC(C)C)cc1. The summed E-state index contributed by atoms with van der Waals surface area (Å²) in [4.78, 5) is 0.123. The van der Waals surface area contributed by atoms with Gasteiger partial charge in [-0.15, -0.1) is 0 Å². The van der Waals surface area contributed by atoms with Crippen molar-refractivity contribution in [2.45, 2.75) is 45.1 Å². The zero-order valence-electron chi connectivity index (χ0n) is 13.8. The van der Waals surface area contributed by atoms with Crippen molar-refractivity contribution in [3.05, 3.63) is 41.3 Å². The Morgan fingerprint density at radius 1 is 1.22 bits per heavy atom. The van der Waals surface area contributed by atoms with E-state index in [0.717, 1.165) is 11.3 Å². The number of aromatic nitrogens is 1. The van der Waals surface area contributed by atoms with Gasteiger partial charge in [-0.05, 0) is 51.8 Å². The average Bonchev–Trinajstić information content (AvgIpc) is 2.80. The monoisotopic (exact) mass is 338 g/mol. The Morgan fingerprint density at radius 3 is 2.39 bits per heavy atom. The zero-order chi connectivity index (χ0) is 17.0. The fraction of sp³-hybridized carbons (Fsp3) is 0.438. The van der Waals surface area contributed by atoms with E-state index in [1.807, 2.05) is 38.1 Å². The number of nitrogens with one attached hydrogen (secondary N) is 1. The molecule has 0 radical (unpaired) electrons. The van der Waals surface area contributed by atoms with Gasteiger partial charge in [-0.3, -0.25) is 0 Å². The molecular weight excluding hydrogens is 316 g/mol. The fourth-order valence-corrected chi connectivity index (χ4v) is 3.62. The molecule has 0 amide bonds. The lowest BCUT2D eigenvalue weighted by Crippen LogP contribution is -2.26. The van der Waals surface area contributed by atoms with Gasteiger partial charge in [-0.2, -0.15) is 0 Å². The van der Waals surface area contributed by atoms with Crippen LogP contribution in [0.15, 0.2) is 33.7 Å². The van der Waals surface area contributed by atoms with Crippen molar-refractivity contribution in [1.82, 2.24) is 9.88 Å². The van der Waals surface area contributed by atoms with E-state index in [0.29, 0.717) is 24.4 Å². The molecule has 0 saturated carbocycles. The molecule has 0 aliphatic carbocycles.